The van der Waals surface area contributed by atoms with Gasteiger partial charge in [-0.3, -0.25) is 4.90 Å². The second-order valence-electron chi connectivity index (χ2n) is 6.58. The van der Waals surface area contributed by atoms with Crippen molar-refractivity contribution in [2.24, 2.45) is 5.73 Å². The van der Waals surface area contributed by atoms with Gasteiger partial charge in [0.2, 0.25) is 0 Å². The molecule has 21 heavy (non-hydrogen) atoms. The molecule has 0 spiro atoms. The van der Waals surface area contributed by atoms with Crippen molar-refractivity contribution < 1.29 is 4.39 Å². The van der Waals surface area contributed by atoms with E-state index in [0.717, 1.165) is 18.7 Å². The van der Waals surface area contributed by atoms with Gasteiger partial charge >= 0.3 is 0 Å². The van der Waals surface area contributed by atoms with Crippen molar-refractivity contribution in [1.82, 2.24) is 4.90 Å². The summed E-state index contributed by atoms with van der Waals surface area (Å²) < 4.78 is 14.2. The maximum Gasteiger partial charge on any atom is 0.137 e. The fraction of sp³-hybridized carbons (Fsp3) is 0.647. The molecule has 0 aromatic heterocycles. The molecule has 1 aromatic rings. The third-order valence-corrected chi connectivity index (χ3v) is 5.69. The Bertz CT molecular complexity index is 468. The first-order valence-electron chi connectivity index (χ1n) is 7.86. The van der Waals surface area contributed by atoms with E-state index in [4.69, 9.17) is 5.73 Å². The molecule has 2 nitrogen and oxygen atoms in total. The van der Waals surface area contributed by atoms with E-state index in [1.54, 1.807) is 6.07 Å². The molecular formula is C17H26BrFN2. The van der Waals surface area contributed by atoms with Crippen LogP contribution in [0.15, 0.2) is 22.7 Å². The Labute approximate surface area is 136 Å². The molecule has 0 aliphatic carbocycles. The summed E-state index contributed by atoms with van der Waals surface area (Å²) in [6, 6.07) is 5.15. The van der Waals surface area contributed by atoms with E-state index in [1.807, 2.05) is 6.07 Å². The highest BCUT2D eigenvalue weighted by atomic mass is 79.9. The van der Waals surface area contributed by atoms with Gasteiger partial charge < -0.3 is 5.73 Å². The third kappa shape index (κ3) is 4.05. The van der Waals surface area contributed by atoms with Gasteiger partial charge in [0.1, 0.15) is 5.82 Å². The smallest absolute Gasteiger partial charge is 0.137 e. The number of rotatable bonds is 4. The van der Waals surface area contributed by atoms with Crippen LogP contribution in [0.5, 0.6) is 0 Å². The van der Waals surface area contributed by atoms with Crippen molar-refractivity contribution in [1.29, 1.82) is 0 Å². The van der Waals surface area contributed by atoms with Crippen LogP contribution < -0.4 is 5.73 Å². The zero-order chi connectivity index (χ0) is 15.5. The quantitative estimate of drug-likeness (QED) is 0.879. The topological polar surface area (TPSA) is 29.3 Å². The third-order valence-electron chi connectivity index (χ3n) is 4.80. The fourth-order valence-corrected chi connectivity index (χ4v) is 3.50. The van der Waals surface area contributed by atoms with E-state index >= 15 is 0 Å². The standard InChI is InChI=1S/C17H26BrFN2/c1-17(2,21-10-5-3-4-6-11-21)15(20)12-13-8-7-9-14(19)16(13)18/h7-9,15H,3-6,10-12,20H2,1-2H3. The summed E-state index contributed by atoms with van der Waals surface area (Å²) in [5, 5.41) is 0. The van der Waals surface area contributed by atoms with Gasteiger partial charge in [-0.25, -0.2) is 4.39 Å². The lowest BCUT2D eigenvalue weighted by molar-refractivity contribution is 0.0978. The SMILES string of the molecule is CC(C)(C(N)Cc1cccc(F)c1Br)N1CCCCCC1. The average molecular weight is 357 g/mol. The number of nitrogens with zero attached hydrogens (tertiary/aromatic N) is 1. The summed E-state index contributed by atoms with van der Waals surface area (Å²) in [4.78, 5) is 2.51. The number of halogens is 2. The molecule has 1 unspecified atom stereocenters. The van der Waals surface area contributed by atoms with Crippen LogP contribution in [0.4, 0.5) is 4.39 Å². The minimum atomic E-state index is -0.215. The zero-order valence-corrected chi connectivity index (χ0v) is 14.6. The molecule has 1 aliphatic rings. The van der Waals surface area contributed by atoms with Gasteiger partial charge in [-0.15, -0.1) is 0 Å². The molecule has 1 saturated heterocycles. The van der Waals surface area contributed by atoms with Crippen LogP contribution in [0.3, 0.4) is 0 Å². The molecule has 1 fully saturated rings. The number of likely N-dealkylation sites (tertiary alicyclic amines) is 1. The molecule has 1 aromatic carbocycles. The second-order valence-corrected chi connectivity index (χ2v) is 7.37. The van der Waals surface area contributed by atoms with Crippen molar-refractivity contribution in [2.75, 3.05) is 13.1 Å². The first-order valence-corrected chi connectivity index (χ1v) is 8.65. The lowest BCUT2D eigenvalue weighted by atomic mass is 9.88. The first-order chi connectivity index (χ1) is 9.93. The molecule has 0 amide bonds. The van der Waals surface area contributed by atoms with Crippen molar-refractivity contribution in [3.63, 3.8) is 0 Å². The molecule has 4 heteroatoms. The van der Waals surface area contributed by atoms with Crippen molar-refractivity contribution in [3.8, 4) is 0 Å². The molecule has 0 radical (unpaired) electrons. The first kappa shape index (κ1) is 16.9. The summed E-state index contributed by atoms with van der Waals surface area (Å²) in [6.45, 7) is 6.67. The molecule has 118 valence electrons. The van der Waals surface area contributed by atoms with E-state index < -0.39 is 0 Å². The molecule has 1 heterocycles. The van der Waals surface area contributed by atoms with E-state index in [9.17, 15) is 4.39 Å². The maximum atomic E-state index is 13.6. The molecular weight excluding hydrogens is 331 g/mol. The van der Waals surface area contributed by atoms with Crippen LogP contribution >= 0.6 is 15.9 Å². The highest BCUT2D eigenvalue weighted by molar-refractivity contribution is 9.10. The molecule has 1 atom stereocenters. The summed E-state index contributed by atoms with van der Waals surface area (Å²) >= 11 is 3.34. The van der Waals surface area contributed by atoms with Crippen LogP contribution in [-0.4, -0.2) is 29.6 Å². The normalized spacial score (nSPS) is 19.3. The van der Waals surface area contributed by atoms with Gasteiger partial charge in [0, 0.05) is 11.6 Å². The van der Waals surface area contributed by atoms with Crippen LogP contribution in [0.25, 0.3) is 0 Å². The van der Waals surface area contributed by atoms with Crippen molar-refractivity contribution >= 4 is 15.9 Å². The highest BCUT2D eigenvalue weighted by Crippen LogP contribution is 2.27. The van der Waals surface area contributed by atoms with E-state index in [2.05, 4.69) is 34.7 Å². The number of benzene rings is 1. The average Bonchev–Trinajstić information content (AvgIpc) is 2.73. The number of hydrogen-bond donors (Lipinski definition) is 1. The Kier molecular flexibility index (Phi) is 5.81. The van der Waals surface area contributed by atoms with Gasteiger partial charge in [0.15, 0.2) is 0 Å². The monoisotopic (exact) mass is 356 g/mol. The Morgan fingerprint density at radius 2 is 1.86 bits per heavy atom. The summed E-state index contributed by atoms with van der Waals surface area (Å²) in [5.74, 6) is -0.215. The Morgan fingerprint density at radius 1 is 1.24 bits per heavy atom. The second kappa shape index (κ2) is 7.21. The fourth-order valence-electron chi connectivity index (χ4n) is 3.07. The predicted molar refractivity (Wildman–Crippen MR) is 89.9 cm³/mol. The van der Waals surface area contributed by atoms with Crippen LogP contribution in [0, 0.1) is 5.82 Å². The van der Waals surface area contributed by atoms with E-state index in [1.165, 1.54) is 31.7 Å². The minimum absolute atomic E-state index is 0.0197. The van der Waals surface area contributed by atoms with Crippen LogP contribution in [-0.2, 0) is 6.42 Å². The molecule has 0 bridgehead atoms. The van der Waals surface area contributed by atoms with E-state index in [-0.39, 0.29) is 17.4 Å². The van der Waals surface area contributed by atoms with Gasteiger partial charge in [0.25, 0.3) is 0 Å². The summed E-state index contributed by atoms with van der Waals surface area (Å²) in [6.07, 6.45) is 5.82. The van der Waals surface area contributed by atoms with Gasteiger partial charge in [0.05, 0.1) is 4.47 Å². The Hall–Kier alpha value is -0.450. The lowest BCUT2D eigenvalue weighted by Gasteiger charge is -2.42. The number of nitrogens with two attached hydrogens (primary N) is 1. The van der Waals surface area contributed by atoms with Gasteiger partial charge in [-0.2, -0.15) is 0 Å². The van der Waals surface area contributed by atoms with E-state index in [0.29, 0.717) is 10.9 Å². The lowest BCUT2D eigenvalue weighted by Crippen LogP contribution is -2.57. The summed E-state index contributed by atoms with van der Waals surface area (Å²) in [7, 11) is 0. The Morgan fingerprint density at radius 3 is 2.48 bits per heavy atom. The summed E-state index contributed by atoms with van der Waals surface area (Å²) in [5.41, 5.74) is 7.38. The Balaban J connectivity index is 2.10. The largest absolute Gasteiger partial charge is 0.326 e. The zero-order valence-electron chi connectivity index (χ0n) is 13.0. The predicted octanol–water partition coefficient (Wildman–Crippen LogP) is 4.11. The van der Waals surface area contributed by atoms with Gasteiger partial charge in [-0.1, -0.05) is 25.0 Å². The molecule has 2 rings (SSSR count). The minimum Gasteiger partial charge on any atom is -0.326 e. The molecule has 2 N–H and O–H groups in total. The van der Waals surface area contributed by atoms with Crippen molar-refractivity contribution in [2.45, 2.75) is 57.5 Å². The number of hydrogen-bond acceptors (Lipinski definition) is 2. The van der Waals surface area contributed by atoms with Crippen molar-refractivity contribution in [3.05, 3.63) is 34.1 Å². The van der Waals surface area contributed by atoms with Crippen LogP contribution in [0.2, 0.25) is 0 Å². The molecule has 0 saturated carbocycles. The van der Waals surface area contributed by atoms with Crippen LogP contribution in [0.1, 0.15) is 45.1 Å². The molecule has 1 aliphatic heterocycles. The maximum absolute atomic E-state index is 13.6. The highest BCUT2D eigenvalue weighted by Gasteiger charge is 2.33. The van der Waals surface area contributed by atoms with Gasteiger partial charge in [-0.05, 0) is 73.8 Å².